The summed E-state index contributed by atoms with van der Waals surface area (Å²) < 4.78 is 65.7. The van der Waals surface area contributed by atoms with Gasteiger partial charge >= 0.3 is 0 Å². The van der Waals surface area contributed by atoms with Gasteiger partial charge in [0.05, 0.1) is 13.0 Å². The number of amides is 2. The van der Waals surface area contributed by atoms with Crippen LogP contribution in [0.15, 0.2) is 30.3 Å². The van der Waals surface area contributed by atoms with E-state index >= 15 is 0 Å². The molecule has 3 N–H and O–H groups in total. The van der Waals surface area contributed by atoms with Crippen LogP contribution in [0.4, 0.5) is 27.6 Å². The number of hydrogen-bond acceptors (Lipinski definition) is 3. The number of halogens is 5. The first kappa shape index (κ1) is 19.2. The summed E-state index contributed by atoms with van der Waals surface area (Å²) in [5.74, 6) is -12.3. The molecule has 5 nitrogen and oxygen atoms in total. The standard InChI is InChI=1S/C16H12F5N3O2/c17-11-12(18)14(20)16(15(21)13(11)19)24-23-10(26)7-22-9(25)6-8-4-2-1-3-5-8/h1-5,24H,6-7H2,(H,22,25)(H,23,26). The maximum absolute atomic E-state index is 13.4. The molecule has 2 rings (SSSR count). The second kappa shape index (κ2) is 8.28. The molecule has 0 aliphatic rings. The molecule has 138 valence electrons. The average molecular weight is 373 g/mol. The van der Waals surface area contributed by atoms with Gasteiger partial charge < -0.3 is 5.32 Å². The lowest BCUT2D eigenvalue weighted by Gasteiger charge is -2.12. The fourth-order valence-electron chi connectivity index (χ4n) is 1.91. The molecule has 2 amide bonds. The lowest BCUT2D eigenvalue weighted by atomic mass is 10.1. The van der Waals surface area contributed by atoms with Crippen LogP contribution in [-0.4, -0.2) is 18.4 Å². The van der Waals surface area contributed by atoms with Gasteiger partial charge in [0.1, 0.15) is 5.69 Å². The van der Waals surface area contributed by atoms with E-state index in [0.717, 1.165) is 0 Å². The number of benzene rings is 2. The van der Waals surface area contributed by atoms with Gasteiger partial charge in [-0.1, -0.05) is 30.3 Å². The Hall–Kier alpha value is -3.17. The van der Waals surface area contributed by atoms with Crippen LogP contribution in [0, 0.1) is 29.1 Å². The van der Waals surface area contributed by atoms with Crippen molar-refractivity contribution in [2.45, 2.75) is 6.42 Å². The van der Waals surface area contributed by atoms with E-state index in [0.29, 0.717) is 5.56 Å². The van der Waals surface area contributed by atoms with Gasteiger partial charge in [-0.25, -0.2) is 22.0 Å². The summed E-state index contributed by atoms with van der Waals surface area (Å²) in [7, 11) is 0. The molecule has 0 heterocycles. The number of hydrogen-bond donors (Lipinski definition) is 3. The first-order chi connectivity index (χ1) is 12.3. The van der Waals surface area contributed by atoms with E-state index in [1.807, 2.05) is 0 Å². The number of anilines is 1. The molecule has 2 aromatic carbocycles. The quantitative estimate of drug-likeness (QED) is 0.315. The molecular formula is C16H12F5N3O2. The van der Waals surface area contributed by atoms with Gasteiger partial charge in [0.25, 0.3) is 5.91 Å². The van der Waals surface area contributed by atoms with Crippen molar-refractivity contribution >= 4 is 17.5 Å². The predicted molar refractivity (Wildman–Crippen MR) is 81.2 cm³/mol. The van der Waals surface area contributed by atoms with Gasteiger partial charge in [-0.15, -0.1) is 0 Å². The first-order valence-corrected chi connectivity index (χ1v) is 7.18. The molecule has 0 aliphatic carbocycles. The lowest BCUT2D eigenvalue weighted by Crippen LogP contribution is -2.40. The van der Waals surface area contributed by atoms with Gasteiger partial charge in [0.15, 0.2) is 23.3 Å². The normalized spacial score (nSPS) is 10.3. The SMILES string of the molecule is O=C(Cc1ccccc1)NCC(=O)NNc1c(F)c(F)c(F)c(F)c1F. The summed E-state index contributed by atoms with van der Waals surface area (Å²) in [5.41, 5.74) is 2.64. The van der Waals surface area contributed by atoms with Gasteiger partial charge in [0, 0.05) is 0 Å². The zero-order valence-corrected chi connectivity index (χ0v) is 13.0. The van der Waals surface area contributed by atoms with E-state index in [1.54, 1.807) is 41.2 Å². The van der Waals surface area contributed by atoms with Crippen molar-refractivity contribution in [3.63, 3.8) is 0 Å². The molecule has 0 spiro atoms. The fraction of sp³-hybridized carbons (Fsp3) is 0.125. The Balaban J connectivity index is 1.89. The number of carbonyl (C=O) groups excluding carboxylic acids is 2. The molecule has 0 aliphatic heterocycles. The van der Waals surface area contributed by atoms with Crippen LogP contribution in [-0.2, 0) is 16.0 Å². The molecule has 0 saturated heterocycles. The highest BCUT2D eigenvalue weighted by Crippen LogP contribution is 2.26. The van der Waals surface area contributed by atoms with Crippen LogP contribution in [0.5, 0.6) is 0 Å². The van der Waals surface area contributed by atoms with Crippen molar-refractivity contribution in [2.75, 3.05) is 12.0 Å². The third-order valence-corrected chi connectivity index (χ3v) is 3.19. The molecule has 0 fully saturated rings. The zero-order valence-electron chi connectivity index (χ0n) is 13.0. The summed E-state index contributed by atoms with van der Waals surface area (Å²) in [6.07, 6.45) is -0.000804. The minimum Gasteiger partial charge on any atom is -0.347 e. The molecule has 10 heteroatoms. The number of carbonyl (C=O) groups is 2. The third kappa shape index (κ3) is 4.47. The molecule has 0 bridgehead atoms. The van der Waals surface area contributed by atoms with E-state index < -0.39 is 53.1 Å². The Bertz CT molecular complexity index is 801. The Morgan fingerprint density at radius 1 is 0.769 bits per heavy atom. The van der Waals surface area contributed by atoms with E-state index in [4.69, 9.17) is 0 Å². The van der Waals surface area contributed by atoms with Gasteiger partial charge in [-0.2, -0.15) is 0 Å². The largest absolute Gasteiger partial charge is 0.347 e. The van der Waals surface area contributed by atoms with E-state index in [9.17, 15) is 31.5 Å². The fourth-order valence-corrected chi connectivity index (χ4v) is 1.91. The minimum atomic E-state index is -2.31. The van der Waals surface area contributed by atoms with Gasteiger partial charge in [-0.05, 0) is 5.56 Å². The van der Waals surface area contributed by atoms with Crippen molar-refractivity contribution in [1.29, 1.82) is 0 Å². The summed E-state index contributed by atoms with van der Waals surface area (Å²) in [6, 6.07) is 8.61. The summed E-state index contributed by atoms with van der Waals surface area (Å²) in [5, 5.41) is 2.24. The lowest BCUT2D eigenvalue weighted by molar-refractivity contribution is -0.125. The van der Waals surface area contributed by atoms with E-state index in [2.05, 4.69) is 5.32 Å². The van der Waals surface area contributed by atoms with Gasteiger partial charge in [-0.3, -0.25) is 20.4 Å². The zero-order chi connectivity index (χ0) is 19.3. The van der Waals surface area contributed by atoms with Gasteiger partial charge in [0.2, 0.25) is 11.7 Å². The van der Waals surface area contributed by atoms with Crippen LogP contribution in [0.2, 0.25) is 0 Å². The summed E-state index contributed by atoms with van der Waals surface area (Å²) >= 11 is 0. The van der Waals surface area contributed by atoms with E-state index in [1.165, 1.54) is 0 Å². The van der Waals surface area contributed by atoms with Crippen LogP contribution in [0.25, 0.3) is 0 Å². The molecule has 2 aromatic rings. The maximum Gasteiger partial charge on any atom is 0.257 e. The summed E-state index contributed by atoms with van der Waals surface area (Å²) in [4.78, 5) is 23.2. The monoisotopic (exact) mass is 373 g/mol. The Kier molecular flexibility index (Phi) is 6.10. The second-order valence-electron chi connectivity index (χ2n) is 5.06. The van der Waals surface area contributed by atoms with E-state index in [-0.39, 0.29) is 6.42 Å². The van der Waals surface area contributed by atoms with Crippen molar-refractivity contribution in [3.8, 4) is 0 Å². The Labute approximate surface area is 144 Å². The highest BCUT2D eigenvalue weighted by molar-refractivity contribution is 5.86. The van der Waals surface area contributed by atoms with Crippen LogP contribution < -0.4 is 16.2 Å². The molecule has 0 atom stereocenters. The smallest absolute Gasteiger partial charge is 0.257 e. The second-order valence-corrected chi connectivity index (χ2v) is 5.06. The van der Waals surface area contributed by atoms with Crippen LogP contribution in [0.3, 0.4) is 0 Å². The maximum atomic E-state index is 13.4. The topological polar surface area (TPSA) is 70.2 Å². The molecular weight excluding hydrogens is 361 g/mol. The molecule has 0 aromatic heterocycles. The highest BCUT2D eigenvalue weighted by atomic mass is 19.2. The molecule has 0 saturated carbocycles. The number of hydrazine groups is 1. The number of rotatable bonds is 6. The third-order valence-electron chi connectivity index (χ3n) is 3.19. The Morgan fingerprint density at radius 3 is 1.88 bits per heavy atom. The minimum absolute atomic E-state index is 0.000804. The van der Waals surface area contributed by atoms with Crippen molar-refractivity contribution in [2.24, 2.45) is 0 Å². The first-order valence-electron chi connectivity index (χ1n) is 7.18. The van der Waals surface area contributed by atoms with Crippen LogP contribution >= 0.6 is 0 Å². The van der Waals surface area contributed by atoms with Crippen LogP contribution in [0.1, 0.15) is 5.56 Å². The predicted octanol–water partition coefficient (Wildman–Crippen LogP) is 2.18. The van der Waals surface area contributed by atoms with Crippen molar-refractivity contribution < 1.29 is 31.5 Å². The average Bonchev–Trinajstić information content (AvgIpc) is 2.64. The van der Waals surface area contributed by atoms with Crippen molar-refractivity contribution in [3.05, 3.63) is 65.0 Å². The summed E-state index contributed by atoms with van der Waals surface area (Å²) in [6.45, 7) is -0.575. The Morgan fingerprint density at radius 2 is 1.31 bits per heavy atom. The molecule has 0 unspecified atom stereocenters. The molecule has 0 radical (unpaired) electrons. The number of nitrogens with one attached hydrogen (secondary N) is 3. The van der Waals surface area contributed by atoms with Crippen molar-refractivity contribution in [1.82, 2.24) is 10.7 Å². The molecule has 26 heavy (non-hydrogen) atoms. The highest BCUT2D eigenvalue weighted by Gasteiger charge is 2.26.